The van der Waals surface area contributed by atoms with Gasteiger partial charge in [0.2, 0.25) is 5.95 Å². The molecule has 9 nitrogen and oxygen atoms in total. The number of hydrogen-bond donors (Lipinski definition) is 0. The molecule has 2 aliphatic rings. The molecule has 2 amide bonds. The van der Waals surface area contributed by atoms with Gasteiger partial charge in [0.25, 0.3) is 5.91 Å². The smallest absolute Gasteiger partial charge is 0.415 e. The highest BCUT2D eigenvalue weighted by Gasteiger charge is 2.42. The van der Waals surface area contributed by atoms with Crippen LogP contribution in [-0.2, 0) is 22.6 Å². The number of rotatable bonds is 6. The molecule has 0 spiro atoms. The fourth-order valence-corrected chi connectivity index (χ4v) is 5.55. The maximum atomic E-state index is 13.8. The van der Waals surface area contributed by atoms with Gasteiger partial charge in [0.1, 0.15) is 23.7 Å². The first-order valence-corrected chi connectivity index (χ1v) is 14.8. The number of pyridine rings is 1. The van der Waals surface area contributed by atoms with Gasteiger partial charge >= 0.3 is 6.09 Å². The molecular formula is C33H34ClFN4O5. The van der Waals surface area contributed by atoms with Crippen LogP contribution < -0.4 is 14.4 Å². The second-order valence-corrected chi connectivity index (χ2v) is 12.5. The number of benzene rings is 2. The Labute approximate surface area is 261 Å². The van der Waals surface area contributed by atoms with E-state index in [0.29, 0.717) is 43.8 Å². The summed E-state index contributed by atoms with van der Waals surface area (Å²) in [6.45, 7) is 6.12. The molecule has 1 saturated heterocycles. The molecule has 0 radical (unpaired) electrons. The summed E-state index contributed by atoms with van der Waals surface area (Å²) in [6.07, 6.45) is 1.05. The number of nitrogens with zero attached hydrogens (tertiary/aromatic N) is 4. The molecule has 44 heavy (non-hydrogen) atoms. The van der Waals surface area contributed by atoms with Crippen LogP contribution in [0.1, 0.15) is 44.7 Å². The van der Waals surface area contributed by atoms with Crippen molar-refractivity contribution in [2.75, 3.05) is 24.5 Å². The molecule has 0 saturated carbocycles. The van der Waals surface area contributed by atoms with Gasteiger partial charge in [0.15, 0.2) is 6.10 Å². The molecule has 11 heteroatoms. The highest BCUT2D eigenvalue weighted by Crippen LogP contribution is 2.43. The first-order chi connectivity index (χ1) is 20.9. The molecule has 3 heterocycles. The van der Waals surface area contributed by atoms with Crippen LogP contribution >= 0.6 is 11.6 Å². The summed E-state index contributed by atoms with van der Waals surface area (Å²) in [5, 5.41) is 10.3. The van der Waals surface area contributed by atoms with E-state index in [2.05, 4.69) is 11.1 Å². The number of nitriles is 1. The van der Waals surface area contributed by atoms with Gasteiger partial charge in [-0.15, -0.1) is 0 Å². The largest absolute Gasteiger partial charge is 0.487 e. The zero-order chi connectivity index (χ0) is 31.5. The number of piperidine rings is 1. The van der Waals surface area contributed by atoms with Gasteiger partial charge in [-0.3, -0.25) is 9.69 Å². The number of ether oxygens (including phenoxy) is 3. The molecule has 1 aromatic heterocycles. The zero-order valence-electron chi connectivity index (χ0n) is 24.9. The van der Waals surface area contributed by atoms with Gasteiger partial charge in [-0.05, 0) is 63.3 Å². The average Bonchev–Trinajstić information content (AvgIpc) is 3.00. The zero-order valence-corrected chi connectivity index (χ0v) is 25.6. The highest BCUT2D eigenvalue weighted by atomic mass is 35.5. The highest BCUT2D eigenvalue weighted by molar-refractivity contribution is 6.32. The number of anilines is 1. The van der Waals surface area contributed by atoms with E-state index in [0.717, 1.165) is 11.1 Å². The molecule has 2 aromatic carbocycles. The summed E-state index contributed by atoms with van der Waals surface area (Å²) in [6, 6.07) is 18.1. The van der Waals surface area contributed by atoms with E-state index in [1.807, 2.05) is 30.3 Å². The predicted octanol–water partition coefficient (Wildman–Crippen LogP) is 6.33. The van der Waals surface area contributed by atoms with Crippen LogP contribution in [0.15, 0.2) is 60.8 Å². The number of amides is 2. The van der Waals surface area contributed by atoms with E-state index in [1.54, 1.807) is 43.9 Å². The third-order valence-corrected chi connectivity index (χ3v) is 7.94. The van der Waals surface area contributed by atoms with E-state index < -0.39 is 29.2 Å². The first kappa shape index (κ1) is 31.1. The maximum Gasteiger partial charge on any atom is 0.415 e. The Balaban J connectivity index is 1.34. The number of hydrogen-bond acceptors (Lipinski definition) is 7. The number of halogens is 2. The topological polar surface area (TPSA) is 105 Å². The molecule has 0 bridgehead atoms. The SMILES string of the molecule is CC(C)(C)OC(=O)N1CC(C(=O)N2CCC(C#N)(Cc3ccc(F)nc3)CC2)Oc2cc(OCc3ccccc3)c(Cl)cc21. The molecule has 0 N–H and O–H groups in total. The lowest BCUT2D eigenvalue weighted by Gasteiger charge is -2.41. The molecule has 2 aliphatic heterocycles. The van der Waals surface area contributed by atoms with Crippen molar-refractivity contribution in [3.8, 4) is 17.6 Å². The summed E-state index contributed by atoms with van der Waals surface area (Å²) in [4.78, 5) is 33.9. The lowest BCUT2D eigenvalue weighted by atomic mass is 9.75. The van der Waals surface area contributed by atoms with E-state index >= 15 is 0 Å². The van der Waals surface area contributed by atoms with Crippen LogP contribution in [0, 0.1) is 22.7 Å². The van der Waals surface area contributed by atoms with Gasteiger partial charge < -0.3 is 19.1 Å². The second-order valence-electron chi connectivity index (χ2n) is 12.1. The van der Waals surface area contributed by atoms with Crippen molar-refractivity contribution >= 4 is 29.3 Å². The number of aromatic nitrogens is 1. The minimum absolute atomic E-state index is 0.0809. The third-order valence-electron chi connectivity index (χ3n) is 7.65. The van der Waals surface area contributed by atoms with Gasteiger partial charge in [0, 0.05) is 25.4 Å². The number of carbonyl (C=O) groups is 2. The predicted molar refractivity (Wildman–Crippen MR) is 162 cm³/mol. The van der Waals surface area contributed by atoms with Gasteiger partial charge in [-0.1, -0.05) is 48.0 Å². The van der Waals surface area contributed by atoms with Gasteiger partial charge in [-0.25, -0.2) is 9.78 Å². The summed E-state index contributed by atoms with van der Waals surface area (Å²) >= 11 is 6.57. The number of fused-ring (bicyclic) bond motifs is 1. The van der Waals surface area contributed by atoms with Crippen LogP contribution in [0.25, 0.3) is 0 Å². The van der Waals surface area contributed by atoms with Crippen molar-refractivity contribution in [3.63, 3.8) is 0 Å². The molecule has 1 unspecified atom stereocenters. The number of carbonyl (C=O) groups excluding carboxylic acids is 2. The van der Waals surface area contributed by atoms with Crippen molar-refractivity contribution < 1.29 is 28.2 Å². The Bertz CT molecular complexity index is 1550. The molecule has 3 aromatic rings. The van der Waals surface area contributed by atoms with Crippen molar-refractivity contribution in [3.05, 3.63) is 82.9 Å². The Kier molecular flexibility index (Phi) is 8.97. The minimum atomic E-state index is -1.02. The van der Waals surface area contributed by atoms with Crippen molar-refractivity contribution in [1.82, 2.24) is 9.88 Å². The van der Waals surface area contributed by atoms with Crippen LogP contribution in [0.5, 0.6) is 11.5 Å². The summed E-state index contributed by atoms with van der Waals surface area (Å²) in [5.74, 6) is -0.272. The van der Waals surface area contributed by atoms with Crippen LogP contribution in [0.4, 0.5) is 14.9 Å². The Hall–Kier alpha value is -4.36. The molecule has 0 aliphatic carbocycles. The fourth-order valence-electron chi connectivity index (χ4n) is 5.34. The lowest BCUT2D eigenvalue weighted by Crippen LogP contribution is -2.54. The molecule has 1 fully saturated rings. The second kappa shape index (κ2) is 12.7. The Morgan fingerprint density at radius 1 is 1.14 bits per heavy atom. The molecule has 5 rings (SSSR count). The third kappa shape index (κ3) is 7.22. The normalized spacial score (nSPS) is 17.6. The van der Waals surface area contributed by atoms with Crippen molar-refractivity contribution in [2.24, 2.45) is 5.41 Å². The fraction of sp³-hybridized carbons (Fsp3) is 0.394. The van der Waals surface area contributed by atoms with E-state index in [1.165, 1.54) is 17.2 Å². The van der Waals surface area contributed by atoms with E-state index in [9.17, 15) is 19.2 Å². The van der Waals surface area contributed by atoms with Gasteiger partial charge in [-0.2, -0.15) is 9.65 Å². The number of likely N-dealkylation sites (tertiary alicyclic amines) is 1. The van der Waals surface area contributed by atoms with Crippen LogP contribution in [-0.4, -0.2) is 53.2 Å². The van der Waals surface area contributed by atoms with Crippen molar-refractivity contribution in [1.29, 1.82) is 5.26 Å². The Morgan fingerprint density at radius 3 is 2.50 bits per heavy atom. The Morgan fingerprint density at radius 2 is 1.86 bits per heavy atom. The van der Waals surface area contributed by atoms with Crippen molar-refractivity contribution in [2.45, 2.75) is 58.3 Å². The molecule has 230 valence electrons. The summed E-state index contributed by atoms with van der Waals surface area (Å²) in [7, 11) is 0. The maximum absolute atomic E-state index is 13.8. The molecular weight excluding hydrogens is 587 g/mol. The molecule has 1 atom stereocenters. The van der Waals surface area contributed by atoms with E-state index in [-0.39, 0.29) is 29.8 Å². The van der Waals surface area contributed by atoms with E-state index in [4.69, 9.17) is 25.8 Å². The average molecular weight is 621 g/mol. The standard InChI is InChI=1S/C33H34ClFN4O5/c1-32(2,3)44-31(41)39-19-28(43-27-16-26(24(34)15-25(27)39)42-20-22-7-5-4-6-8-22)30(40)38-13-11-33(21-36,12-14-38)17-23-9-10-29(35)37-18-23/h4-10,15-16,18,28H,11-14,17,19-20H2,1-3H3. The van der Waals surface area contributed by atoms with Crippen LogP contribution in [0.3, 0.4) is 0 Å². The first-order valence-electron chi connectivity index (χ1n) is 14.4. The van der Waals surface area contributed by atoms with Gasteiger partial charge in [0.05, 0.1) is 28.7 Å². The monoisotopic (exact) mass is 620 g/mol. The minimum Gasteiger partial charge on any atom is -0.487 e. The quantitative estimate of drug-likeness (QED) is 0.297. The lowest BCUT2D eigenvalue weighted by molar-refractivity contribution is -0.140. The summed E-state index contributed by atoms with van der Waals surface area (Å²) in [5.41, 5.74) is 0.596. The summed E-state index contributed by atoms with van der Waals surface area (Å²) < 4.78 is 31.1. The van der Waals surface area contributed by atoms with Crippen LogP contribution in [0.2, 0.25) is 5.02 Å².